The molecule has 4 nitrogen and oxygen atoms in total. The van der Waals surface area contributed by atoms with Gasteiger partial charge in [0.25, 0.3) is 0 Å². The van der Waals surface area contributed by atoms with Crippen LogP contribution in [0.2, 0.25) is 0 Å². The second-order valence-electron chi connectivity index (χ2n) is 4.63. The zero-order chi connectivity index (χ0) is 12.8. The summed E-state index contributed by atoms with van der Waals surface area (Å²) in [5.41, 5.74) is -0.0937. The van der Waals surface area contributed by atoms with Crippen molar-refractivity contribution in [2.24, 2.45) is 0 Å². The molecule has 1 aromatic heterocycles. The van der Waals surface area contributed by atoms with E-state index in [1.54, 1.807) is 13.3 Å². The van der Waals surface area contributed by atoms with E-state index >= 15 is 0 Å². The molecule has 4 heteroatoms. The van der Waals surface area contributed by atoms with Crippen LogP contribution in [-0.4, -0.2) is 23.2 Å². The fourth-order valence-electron chi connectivity index (χ4n) is 2.34. The topological polar surface area (TPSA) is 59.4 Å². The minimum absolute atomic E-state index is 0.667. The lowest BCUT2D eigenvalue weighted by molar-refractivity contribution is -0.140. The highest BCUT2D eigenvalue weighted by Gasteiger charge is 2.53. The van der Waals surface area contributed by atoms with Crippen molar-refractivity contribution in [3.05, 3.63) is 36.2 Å². The maximum Gasteiger partial charge on any atom is 0.315 e. The monoisotopic (exact) mass is 243 g/mol. The molecule has 0 radical (unpaired) electrons. The van der Waals surface area contributed by atoms with Gasteiger partial charge < -0.3 is 9.84 Å². The number of hydrogen-bond donors (Lipinski definition) is 1. The molecule has 0 aliphatic heterocycles. The van der Waals surface area contributed by atoms with Gasteiger partial charge in [0.2, 0.25) is 0 Å². The number of rotatable bonds is 3. The van der Waals surface area contributed by atoms with Crippen LogP contribution in [0.5, 0.6) is 5.75 Å². The minimum Gasteiger partial charge on any atom is -0.497 e. The largest absolute Gasteiger partial charge is 0.497 e. The second-order valence-corrected chi connectivity index (χ2v) is 4.63. The van der Waals surface area contributed by atoms with Crippen molar-refractivity contribution >= 4 is 16.7 Å². The quantitative estimate of drug-likeness (QED) is 0.899. The Morgan fingerprint density at radius 1 is 1.39 bits per heavy atom. The third kappa shape index (κ3) is 1.45. The van der Waals surface area contributed by atoms with Gasteiger partial charge in [-0.15, -0.1) is 0 Å². The molecule has 2 aromatic rings. The van der Waals surface area contributed by atoms with Gasteiger partial charge in [-0.05, 0) is 42.5 Å². The van der Waals surface area contributed by atoms with E-state index in [4.69, 9.17) is 4.74 Å². The lowest BCUT2D eigenvalue weighted by atomic mass is 9.96. The first-order chi connectivity index (χ1) is 8.67. The lowest BCUT2D eigenvalue weighted by Gasteiger charge is -2.12. The summed E-state index contributed by atoms with van der Waals surface area (Å²) in [5.74, 6) is -0.0156. The molecule has 0 bridgehead atoms. The summed E-state index contributed by atoms with van der Waals surface area (Å²) in [6.45, 7) is 0. The zero-order valence-electron chi connectivity index (χ0n) is 10.0. The van der Waals surface area contributed by atoms with Crippen LogP contribution in [-0.2, 0) is 10.2 Å². The zero-order valence-corrected chi connectivity index (χ0v) is 10.0. The summed E-state index contributed by atoms with van der Waals surface area (Å²) in [4.78, 5) is 15.7. The van der Waals surface area contributed by atoms with Crippen LogP contribution in [0.15, 0.2) is 30.5 Å². The van der Waals surface area contributed by atoms with Gasteiger partial charge in [-0.25, -0.2) is 0 Å². The molecule has 0 unspecified atom stereocenters. The molecule has 0 amide bonds. The predicted molar refractivity (Wildman–Crippen MR) is 66.8 cm³/mol. The van der Waals surface area contributed by atoms with Gasteiger partial charge in [0.1, 0.15) is 11.2 Å². The van der Waals surface area contributed by atoms with E-state index in [1.165, 1.54) is 0 Å². The number of benzene rings is 1. The molecule has 1 N–H and O–H groups in total. The Morgan fingerprint density at radius 2 is 2.17 bits per heavy atom. The number of ether oxygens (including phenoxy) is 1. The summed E-state index contributed by atoms with van der Waals surface area (Å²) < 4.78 is 5.17. The van der Waals surface area contributed by atoms with Crippen LogP contribution < -0.4 is 4.74 Å². The average Bonchev–Trinajstić information content (AvgIpc) is 3.18. The van der Waals surface area contributed by atoms with Gasteiger partial charge in [-0.2, -0.15) is 0 Å². The van der Waals surface area contributed by atoms with E-state index in [0.717, 1.165) is 16.5 Å². The number of aliphatic carboxylic acids is 1. The van der Waals surface area contributed by atoms with Crippen molar-refractivity contribution in [2.75, 3.05) is 7.11 Å². The molecular weight excluding hydrogens is 230 g/mol. The Kier molecular flexibility index (Phi) is 2.26. The van der Waals surface area contributed by atoms with E-state index in [1.807, 2.05) is 24.3 Å². The smallest absolute Gasteiger partial charge is 0.315 e. The van der Waals surface area contributed by atoms with E-state index in [-0.39, 0.29) is 0 Å². The predicted octanol–water partition coefficient (Wildman–Crippen LogP) is 2.36. The van der Waals surface area contributed by atoms with Gasteiger partial charge in [0.15, 0.2) is 0 Å². The molecule has 3 rings (SSSR count). The number of nitrogens with zero attached hydrogens (tertiary/aromatic N) is 1. The van der Waals surface area contributed by atoms with Crippen LogP contribution in [0.4, 0.5) is 0 Å². The second kappa shape index (κ2) is 3.70. The Morgan fingerprint density at radius 3 is 2.78 bits per heavy atom. The Hall–Kier alpha value is -2.10. The van der Waals surface area contributed by atoms with Crippen LogP contribution in [0.25, 0.3) is 10.8 Å². The Labute approximate surface area is 104 Å². The minimum atomic E-state index is -0.779. The molecular formula is C14H13NO3. The molecule has 92 valence electrons. The van der Waals surface area contributed by atoms with Gasteiger partial charge in [-0.3, -0.25) is 9.78 Å². The maximum atomic E-state index is 11.4. The summed E-state index contributed by atoms with van der Waals surface area (Å²) >= 11 is 0. The van der Waals surface area contributed by atoms with E-state index in [2.05, 4.69) is 4.98 Å². The fraction of sp³-hybridized carbons (Fsp3) is 0.286. The summed E-state index contributed by atoms with van der Waals surface area (Å²) in [6, 6.07) is 7.50. The van der Waals surface area contributed by atoms with E-state index in [0.29, 0.717) is 18.5 Å². The fourth-order valence-corrected chi connectivity index (χ4v) is 2.34. The lowest BCUT2D eigenvalue weighted by Crippen LogP contribution is -2.21. The maximum absolute atomic E-state index is 11.4. The molecule has 1 heterocycles. The standard InChI is InChI=1S/C14H13NO3/c1-18-10-2-3-11-9(8-10)4-7-15-12(11)14(5-6-14)13(16)17/h2-4,7-8H,5-6H2,1H3,(H,16,17). The molecule has 1 fully saturated rings. The molecule has 1 aliphatic carbocycles. The van der Waals surface area contributed by atoms with Crippen LogP contribution in [0.1, 0.15) is 18.5 Å². The molecule has 1 aromatic carbocycles. The van der Waals surface area contributed by atoms with Crippen LogP contribution in [0.3, 0.4) is 0 Å². The Balaban J connectivity index is 2.22. The number of fused-ring (bicyclic) bond motifs is 1. The Bertz CT molecular complexity index is 632. The highest BCUT2D eigenvalue weighted by atomic mass is 16.5. The van der Waals surface area contributed by atoms with E-state index < -0.39 is 11.4 Å². The van der Waals surface area contributed by atoms with Gasteiger partial charge in [-0.1, -0.05) is 0 Å². The molecule has 0 saturated heterocycles. The summed E-state index contributed by atoms with van der Waals surface area (Å²) in [7, 11) is 1.61. The highest BCUT2D eigenvalue weighted by Crippen LogP contribution is 2.49. The number of carboxylic acids is 1. The number of carbonyl (C=O) groups is 1. The highest BCUT2D eigenvalue weighted by molar-refractivity contribution is 5.94. The number of pyridine rings is 1. The normalized spacial score (nSPS) is 16.5. The number of carboxylic acid groups (broad SMARTS) is 1. The number of aromatic nitrogens is 1. The van der Waals surface area contributed by atoms with Crippen molar-refractivity contribution < 1.29 is 14.6 Å². The van der Waals surface area contributed by atoms with Crippen molar-refractivity contribution in [2.45, 2.75) is 18.3 Å². The number of methoxy groups -OCH3 is 1. The van der Waals surface area contributed by atoms with Crippen LogP contribution >= 0.6 is 0 Å². The summed E-state index contributed by atoms with van der Waals surface area (Å²) in [5, 5.41) is 11.2. The van der Waals surface area contributed by atoms with Crippen molar-refractivity contribution in [1.82, 2.24) is 4.98 Å². The molecule has 0 atom stereocenters. The van der Waals surface area contributed by atoms with Gasteiger partial charge in [0, 0.05) is 11.6 Å². The number of hydrogen-bond acceptors (Lipinski definition) is 3. The third-order valence-corrected chi connectivity index (χ3v) is 3.58. The van der Waals surface area contributed by atoms with Crippen molar-refractivity contribution in [3.8, 4) is 5.75 Å². The average molecular weight is 243 g/mol. The molecule has 18 heavy (non-hydrogen) atoms. The first kappa shape index (κ1) is 11.0. The van der Waals surface area contributed by atoms with Gasteiger partial charge in [0.05, 0.1) is 12.8 Å². The van der Waals surface area contributed by atoms with E-state index in [9.17, 15) is 9.90 Å². The first-order valence-corrected chi connectivity index (χ1v) is 5.84. The van der Waals surface area contributed by atoms with Gasteiger partial charge >= 0.3 is 5.97 Å². The molecule has 1 aliphatic rings. The molecule has 1 saturated carbocycles. The van der Waals surface area contributed by atoms with Crippen molar-refractivity contribution in [3.63, 3.8) is 0 Å². The SMILES string of the molecule is COc1ccc2c(C3(C(=O)O)CC3)nccc2c1. The van der Waals surface area contributed by atoms with Crippen molar-refractivity contribution in [1.29, 1.82) is 0 Å². The third-order valence-electron chi connectivity index (χ3n) is 3.58. The summed E-state index contributed by atoms with van der Waals surface area (Å²) in [6.07, 6.45) is 3.00. The molecule has 0 spiro atoms. The first-order valence-electron chi connectivity index (χ1n) is 5.84. The van der Waals surface area contributed by atoms with Crippen LogP contribution in [0, 0.1) is 0 Å².